The van der Waals surface area contributed by atoms with Gasteiger partial charge in [-0.1, -0.05) is 11.6 Å². The zero-order chi connectivity index (χ0) is 13.8. The summed E-state index contributed by atoms with van der Waals surface area (Å²) in [7, 11) is 1.26. The smallest absolute Gasteiger partial charge is 0.327 e. The quantitative estimate of drug-likeness (QED) is 0.606. The highest BCUT2D eigenvalue weighted by Gasteiger charge is 2.15. The average molecular weight is 303 g/mol. The van der Waals surface area contributed by atoms with Gasteiger partial charge in [0, 0.05) is 0 Å². The number of rotatable bonds is 4. The Hall–Kier alpha value is -1.94. The standard InChI is InChI=1S/C8H7ClN6O3S/c1-18-4(16)2-15-8(12-13-14-15)19-7-5(9)6(17)10-3-11-7/h3H,2H2,1H3,(H,10,11,17). The number of tetrazole rings is 1. The molecule has 0 aliphatic rings. The summed E-state index contributed by atoms with van der Waals surface area (Å²) in [6.07, 6.45) is 1.21. The van der Waals surface area contributed by atoms with E-state index >= 15 is 0 Å². The van der Waals surface area contributed by atoms with Crippen molar-refractivity contribution in [3.8, 4) is 0 Å². The minimum Gasteiger partial charge on any atom is -0.468 e. The van der Waals surface area contributed by atoms with Crippen molar-refractivity contribution in [2.24, 2.45) is 0 Å². The van der Waals surface area contributed by atoms with E-state index < -0.39 is 11.5 Å². The van der Waals surface area contributed by atoms with Gasteiger partial charge in [-0.25, -0.2) is 9.67 Å². The normalized spacial score (nSPS) is 10.4. The van der Waals surface area contributed by atoms with Gasteiger partial charge in [0.05, 0.1) is 13.4 Å². The predicted molar refractivity (Wildman–Crippen MR) is 63.8 cm³/mol. The molecule has 0 aliphatic carbocycles. The van der Waals surface area contributed by atoms with Crippen LogP contribution in [0.15, 0.2) is 21.3 Å². The number of hydrogen-bond acceptors (Lipinski definition) is 8. The summed E-state index contributed by atoms with van der Waals surface area (Å²) < 4.78 is 5.73. The Morgan fingerprint density at radius 3 is 3.16 bits per heavy atom. The number of nitrogens with one attached hydrogen (secondary N) is 1. The molecule has 19 heavy (non-hydrogen) atoms. The van der Waals surface area contributed by atoms with Gasteiger partial charge < -0.3 is 9.72 Å². The second kappa shape index (κ2) is 5.80. The Kier molecular flexibility index (Phi) is 4.12. The largest absolute Gasteiger partial charge is 0.468 e. The molecule has 0 unspecified atom stereocenters. The van der Waals surface area contributed by atoms with Crippen molar-refractivity contribution < 1.29 is 9.53 Å². The number of hydrogen-bond donors (Lipinski definition) is 1. The topological polar surface area (TPSA) is 116 Å². The van der Waals surface area contributed by atoms with E-state index in [4.69, 9.17) is 11.6 Å². The van der Waals surface area contributed by atoms with Crippen LogP contribution >= 0.6 is 23.4 Å². The number of carbonyl (C=O) groups is 1. The Morgan fingerprint density at radius 2 is 2.42 bits per heavy atom. The molecule has 0 spiro atoms. The van der Waals surface area contributed by atoms with E-state index in [2.05, 4.69) is 30.2 Å². The van der Waals surface area contributed by atoms with Gasteiger partial charge in [0.15, 0.2) is 0 Å². The lowest BCUT2D eigenvalue weighted by atomic mass is 10.6. The van der Waals surface area contributed by atoms with Gasteiger partial charge in [-0.3, -0.25) is 9.59 Å². The molecule has 0 aromatic carbocycles. The zero-order valence-electron chi connectivity index (χ0n) is 9.53. The third-order valence-electron chi connectivity index (χ3n) is 1.96. The van der Waals surface area contributed by atoms with Crippen LogP contribution in [0, 0.1) is 0 Å². The van der Waals surface area contributed by atoms with E-state index in [-0.39, 0.29) is 21.7 Å². The van der Waals surface area contributed by atoms with E-state index in [9.17, 15) is 9.59 Å². The zero-order valence-corrected chi connectivity index (χ0v) is 11.1. The van der Waals surface area contributed by atoms with Crippen molar-refractivity contribution >= 4 is 29.3 Å². The van der Waals surface area contributed by atoms with Crippen LogP contribution in [0.25, 0.3) is 0 Å². The molecular weight excluding hydrogens is 296 g/mol. The number of esters is 1. The van der Waals surface area contributed by atoms with Crippen molar-refractivity contribution in [3.63, 3.8) is 0 Å². The highest BCUT2D eigenvalue weighted by atomic mass is 35.5. The van der Waals surface area contributed by atoms with E-state index in [0.29, 0.717) is 0 Å². The molecule has 0 saturated carbocycles. The van der Waals surface area contributed by atoms with E-state index in [1.165, 1.54) is 18.1 Å². The monoisotopic (exact) mass is 302 g/mol. The van der Waals surface area contributed by atoms with Crippen LogP contribution in [-0.4, -0.2) is 43.3 Å². The first-order chi connectivity index (χ1) is 9.11. The Morgan fingerprint density at radius 1 is 1.63 bits per heavy atom. The van der Waals surface area contributed by atoms with Gasteiger partial charge in [-0.2, -0.15) is 0 Å². The van der Waals surface area contributed by atoms with Crippen LogP contribution in [0.1, 0.15) is 0 Å². The number of nitrogens with zero attached hydrogens (tertiary/aromatic N) is 5. The Balaban J connectivity index is 2.24. The highest BCUT2D eigenvalue weighted by Crippen LogP contribution is 2.26. The second-order valence-electron chi connectivity index (χ2n) is 3.15. The molecule has 2 heterocycles. The van der Waals surface area contributed by atoms with E-state index in [1.807, 2.05) is 0 Å². The molecule has 2 aromatic rings. The van der Waals surface area contributed by atoms with Gasteiger partial charge in [0.2, 0.25) is 5.16 Å². The highest BCUT2D eigenvalue weighted by molar-refractivity contribution is 7.99. The van der Waals surface area contributed by atoms with Crippen LogP contribution in [0.3, 0.4) is 0 Å². The lowest BCUT2D eigenvalue weighted by molar-refractivity contribution is -0.141. The fourth-order valence-electron chi connectivity index (χ4n) is 1.08. The molecule has 11 heteroatoms. The SMILES string of the molecule is COC(=O)Cn1nnnc1Sc1nc[nH]c(=O)c1Cl. The average Bonchev–Trinajstić information content (AvgIpc) is 2.82. The van der Waals surface area contributed by atoms with Crippen LogP contribution in [-0.2, 0) is 16.1 Å². The Labute approximate surface area is 115 Å². The van der Waals surface area contributed by atoms with Gasteiger partial charge in [0.1, 0.15) is 16.6 Å². The van der Waals surface area contributed by atoms with E-state index in [1.54, 1.807) is 0 Å². The molecule has 100 valence electrons. The molecule has 2 aromatic heterocycles. The number of aromatic nitrogens is 6. The minimum atomic E-state index is -0.501. The third kappa shape index (κ3) is 3.09. The minimum absolute atomic E-state index is 0.0693. The number of methoxy groups -OCH3 is 1. The summed E-state index contributed by atoms with van der Waals surface area (Å²) in [6, 6.07) is 0. The van der Waals surface area contributed by atoms with Gasteiger partial charge in [-0.15, -0.1) is 5.10 Å². The van der Waals surface area contributed by atoms with Crippen molar-refractivity contribution in [2.45, 2.75) is 16.7 Å². The van der Waals surface area contributed by atoms with Crippen LogP contribution in [0.4, 0.5) is 0 Å². The van der Waals surface area contributed by atoms with Crippen LogP contribution in [0.5, 0.6) is 0 Å². The summed E-state index contributed by atoms with van der Waals surface area (Å²) in [6.45, 7) is -0.146. The lowest BCUT2D eigenvalue weighted by Gasteiger charge is -2.03. The predicted octanol–water partition coefficient (Wildman–Crippen LogP) is -0.266. The molecule has 0 aliphatic heterocycles. The van der Waals surface area contributed by atoms with Gasteiger partial charge >= 0.3 is 5.97 Å². The van der Waals surface area contributed by atoms with Crippen LogP contribution < -0.4 is 5.56 Å². The van der Waals surface area contributed by atoms with Gasteiger partial charge in [-0.05, 0) is 22.2 Å². The molecule has 0 atom stereocenters. The number of carbonyl (C=O) groups excluding carboxylic acids is 1. The summed E-state index contributed by atoms with van der Waals surface area (Å²) in [5, 5.41) is 11.2. The molecule has 0 saturated heterocycles. The summed E-state index contributed by atoms with van der Waals surface area (Å²) in [5.41, 5.74) is -0.467. The fraction of sp³-hybridized carbons (Fsp3) is 0.250. The first-order valence-electron chi connectivity index (χ1n) is 4.86. The second-order valence-corrected chi connectivity index (χ2v) is 4.48. The maximum Gasteiger partial charge on any atom is 0.327 e. The Bertz CT molecular complexity index is 656. The first-order valence-corrected chi connectivity index (χ1v) is 6.05. The van der Waals surface area contributed by atoms with Crippen molar-refractivity contribution in [1.82, 2.24) is 30.2 Å². The first kappa shape index (κ1) is 13.5. The molecule has 0 fully saturated rings. The third-order valence-corrected chi connectivity index (χ3v) is 3.40. The van der Waals surface area contributed by atoms with Gasteiger partial charge in [0.25, 0.3) is 5.56 Å². The van der Waals surface area contributed by atoms with Crippen molar-refractivity contribution in [3.05, 3.63) is 21.7 Å². The lowest BCUT2D eigenvalue weighted by Crippen LogP contribution is -2.14. The number of aromatic amines is 1. The fourth-order valence-corrected chi connectivity index (χ4v) is 2.04. The number of H-pyrrole nitrogens is 1. The molecule has 0 bridgehead atoms. The van der Waals surface area contributed by atoms with Crippen LogP contribution in [0.2, 0.25) is 5.02 Å². The maximum atomic E-state index is 11.3. The molecule has 1 N–H and O–H groups in total. The molecular formula is C8H7ClN6O3S. The summed E-state index contributed by atoms with van der Waals surface area (Å²) in [4.78, 5) is 28.7. The summed E-state index contributed by atoms with van der Waals surface area (Å²) in [5.74, 6) is -0.501. The number of halogens is 1. The molecule has 0 amide bonds. The van der Waals surface area contributed by atoms with Crippen molar-refractivity contribution in [2.75, 3.05) is 7.11 Å². The molecule has 0 radical (unpaired) electrons. The van der Waals surface area contributed by atoms with E-state index in [0.717, 1.165) is 11.8 Å². The maximum absolute atomic E-state index is 11.3. The van der Waals surface area contributed by atoms with Crippen molar-refractivity contribution in [1.29, 1.82) is 0 Å². The molecule has 9 nitrogen and oxygen atoms in total. The molecule has 2 rings (SSSR count). The summed E-state index contributed by atoms with van der Waals surface area (Å²) >= 11 is 6.77. The number of ether oxygens (including phenoxy) is 1.